The number of nitrogens with zero attached hydrogens (tertiary/aromatic N) is 1. The molecule has 2 aliphatic heterocycles. The molecule has 5 N–H and O–H groups in total. The topological polar surface area (TPSA) is 177 Å². The van der Waals surface area contributed by atoms with Gasteiger partial charge in [0.25, 0.3) is 0 Å². The molecule has 0 bridgehead atoms. The number of aliphatic hydroxyl groups is 1. The van der Waals surface area contributed by atoms with E-state index in [1.54, 1.807) is 12.1 Å². The van der Waals surface area contributed by atoms with Crippen LogP contribution in [0.4, 0.5) is 0 Å². The number of carbonyl (C=O) groups excluding carboxylic acids is 1. The number of piperidine rings is 1. The maximum Gasteiger partial charge on any atom is 0.246 e. The lowest BCUT2D eigenvalue weighted by molar-refractivity contribution is -0.0312. The molecule has 46 heavy (non-hydrogen) atoms. The number of benzene rings is 3. The largest absolute Gasteiger partial charge is 0.495 e. The number of hydrogen-bond donors (Lipinski definition) is 4. The van der Waals surface area contributed by atoms with Crippen molar-refractivity contribution in [2.45, 2.75) is 53.3 Å². The quantitative estimate of drug-likeness (QED) is 0.208. The summed E-state index contributed by atoms with van der Waals surface area (Å²) in [6.45, 7) is 1.15. The van der Waals surface area contributed by atoms with Gasteiger partial charge < -0.3 is 25.6 Å². The summed E-state index contributed by atoms with van der Waals surface area (Å²) in [7, 11) is -5.06. The van der Waals surface area contributed by atoms with Gasteiger partial charge in [0.1, 0.15) is 16.7 Å². The Hall–Kier alpha value is -3.21. The third-order valence-electron chi connectivity index (χ3n) is 8.76. The highest BCUT2D eigenvalue weighted by Gasteiger charge is 2.45. The minimum Gasteiger partial charge on any atom is -0.495 e. The third-order valence-corrected chi connectivity index (χ3v) is 12.2. The number of methoxy groups -OCH3 is 1. The van der Waals surface area contributed by atoms with Crippen LogP contribution in [0.5, 0.6) is 5.75 Å². The zero-order valence-corrected chi connectivity index (χ0v) is 27.4. The van der Waals surface area contributed by atoms with Gasteiger partial charge in [0.15, 0.2) is 5.78 Å². The van der Waals surface area contributed by atoms with Gasteiger partial charge >= 0.3 is 0 Å². The Balaban J connectivity index is 1.21. The Bertz CT molecular complexity index is 1770. The van der Waals surface area contributed by atoms with E-state index in [0.717, 1.165) is 11.1 Å². The molecule has 2 aliphatic rings. The fourth-order valence-corrected chi connectivity index (χ4v) is 8.69. The van der Waals surface area contributed by atoms with Crippen LogP contribution in [0.25, 0.3) is 11.1 Å². The van der Waals surface area contributed by atoms with Crippen molar-refractivity contribution in [3.05, 3.63) is 77.9 Å². The number of nitrogens with one attached hydrogen (secondary N) is 2. The van der Waals surface area contributed by atoms with Gasteiger partial charge in [0.05, 0.1) is 24.2 Å². The van der Waals surface area contributed by atoms with Crippen LogP contribution in [0.3, 0.4) is 0 Å². The molecule has 3 aromatic rings. The highest BCUT2D eigenvalue weighted by molar-refractivity contribution is 7.89. The van der Waals surface area contributed by atoms with E-state index in [2.05, 4.69) is 10.0 Å². The molecular weight excluding hydrogens is 633 g/mol. The SMILES string of the molecule is CNS(=O)(=O)c1ccccc1C(=O)C(O)CN[C@@H]1COC2(CCN(S(=O)(=O)c3cccc(-c4ccc(CN)cc4)c3OC)CC2)C1. The van der Waals surface area contributed by atoms with Crippen LogP contribution in [-0.2, 0) is 31.3 Å². The molecule has 2 saturated heterocycles. The number of ether oxygens (including phenoxy) is 2. The van der Waals surface area contributed by atoms with Crippen LogP contribution in [0.15, 0.2) is 76.5 Å². The summed E-state index contributed by atoms with van der Waals surface area (Å²) >= 11 is 0. The van der Waals surface area contributed by atoms with Crippen molar-refractivity contribution in [1.29, 1.82) is 0 Å². The maximum absolute atomic E-state index is 13.9. The van der Waals surface area contributed by atoms with Crippen LogP contribution in [-0.4, -0.2) is 90.2 Å². The first kappa shape index (κ1) is 34.1. The van der Waals surface area contributed by atoms with Crippen LogP contribution in [0, 0.1) is 0 Å². The molecule has 1 unspecified atom stereocenters. The molecule has 2 atom stereocenters. The van der Waals surface area contributed by atoms with Crippen molar-refractivity contribution in [1.82, 2.24) is 14.3 Å². The summed E-state index contributed by atoms with van der Waals surface area (Å²) in [5.74, 6) is -0.426. The van der Waals surface area contributed by atoms with Crippen LogP contribution in [0.2, 0.25) is 0 Å². The fraction of sp³-hybridized carbons (Fsp3) is 0.406. The third kappa shape index (κ3) is 6.89. The Kier molecular flexibility index (Phi) is 10.3. The van der Waals surface area contributed by atoms with E-state index in [4.69, 9.17) is 15.2 Å². The number of para-hydroxylation sites is 1. The molecule has 0 aromatic heterocycles. The van der Waals surface area contributed by atoms with E-state index in [0.29, 0.717) is 38.0 Å². The molecule has 0 amide bonds. The summed E-state index contributed by atoms with van der Waals surface area (Å²) in [6, 6.07) is 18.2. The van der Waals surface area contributed by atoms with Gasteiger partial charge in [-0.1, -0.05) is 48.5 Å². The van der Waals surface area contributed by atoms with Gasteiger partial charge in [0, 0.05) is 43.3 Å². The highest BCUT2D eigenvalue weighted by Crippen LogP contribution is 2.41. The summed E-state index contributed by atoms with van der Waals surface area (Å²) in [5, 5.41) is 13.8. The molecule has 3 aromatic carbocycles. The standard InChI is InChI=1S/C32H40N4O8S2/c1-34-45(39,40)28-8-4-3-6-26(28)30(38)27(37)20-35-24-18-32(44-21-24)14-16-36(17-15-32)46(41,42)29-9-5-7-25(31(29)43-2)23-12-10-22(19-33)11-13-23/h3-13,24,27,34-35,37H,14-21,33H2,1-2H3/t24-,27?/m0/s1. The number of aliphatic hydroxyl groups excluding tert-OH is 1. The highest BCUT2D eigenvalue weighted by atomic mass is 32.2. The molecular formula is C32H40N4O8S2. The lowest BCUT2D eigenvalue weighted by atomic mass is 9.88. The maximum atomic E-state index is 13.9. The van der Waals surface area contributed by atoms with Crippen molar-refractivity contribution in [2.24, 2.45) is 5.73 Å². The van der Waals surface area contributed by atoms with E-state index >= 15 is 0 Å². The summed E-state index contributed by atoms with van der Waals surface area (Å²) in [4.78, 5) is 12.9. The summed E-state index contributed by atoms with van der Waals surface area (Å²) < 4.78 is 67.9. The summed E-state index contributed by atoms with van der Waals surface area (Å²) in [5.41, 5.74) is 7.55. The number of ketones is 1. The Morgan fingerprint density at radius 3 is 2.37 bits per heavy atom. The zero-order valence-electron chi connectivity index (χ0n) is 25.8. The van der Waals surface area contributed by atoms with Crippen molar-refractivity contribution in [3.8, 4) is 16.9 Å². The van der Waals surface area contributed by atoms with Gasteiger partial charge in [-0.3, -0.25) is 4.79 Å². The smallest absolute Gasteiger partial charge is 0.246 e. The average Bonchev–Trinajstić information content (AvgIpc) is 3.48. The van der Waals surface area contributed by atoms with Gasteiger partial charge in [-0.25, -0.2) is 21.6 Å². The first-order chi connectivity index (χ1) is 21.9. The van der Waals surface area contributed by atoms with E-state index in [-0.39, 0.29) is 46.8 Å². The monoisotopic (exact) mass is 672 g/mol. The first-order valence-corrected chi connectivity index (χ1v) is 18.0. The van der Waals surface area contributed by atoms with Crippen molar-refractivity contribution < 1.29 is 36.2 Å². The van der Waals surface area contributed by atoms with Crippen LogP contribution >= 0.6 is 0 Å². The number of Topliss-reactive ketones (excluding diaryl/α,β-unsaturated/α-hetero) is 1. The van der Waals surface area contributed by atoms with Crippen LogP contribution in [0.1, 0.15) is 35.2 Å². The Labute approximate surface area is 270 Å². The van der Waals surface area contributed by atoms with Crippen molar-refractivity contribution >= 4 is 25.8 Å². The number of sulfonamides is 2. The molecule has 5 rings (SSSR count). The Morgan fingerprint density at radius 1 is 1.04 bits per heavy atom. The first-order valence-electron chi connectivity index (χ1n) is 15.0. The number of nitrogens with two attached hydrogens (primary N) is 1. The number of rotatable bonds is 12. The van der Waals surface area contributed by atoms with Gasteiger partial charge in [-0.05, 0) is 55.6 Å². The molecule has 0 aliphatic carbocycles. The molecule has 1 spiro atoms. The zero-order chi connectivity index (χ0) is 33.1. The summed E-state index contributed by atoms with van der Waals surface area (Å²) in [6.07, 6.45) is 0.0541. The normalized spacial score (nSPS) is 19.3. The van der Waals surface area contributed by atoms with Crippen LogP contribution < -0.4 is 20.5 Å². The number of hydrogen-bond acceptors (Lipinski definition) is 10. The molecule has 14 heteroatoms. The second-order valence-electron chi connectivity index (χ2n) is 11.5. The van der Waals surface area contributed by atoms with Crippen molar-refractivity contribution in [3.63, 3.8) is 0 Å². The van der Waals surface area contributed by atoms with E-state index < -0.39 is 37.5 Å². The molecule has 2 heterocycles. The molecule has 12 nitrogen and oxygen atoms in total. The molecule has 248 valence electrons. The predicted octanol–water partition coefficient (Wildman–Crippen LogP) is 1.87. The van der Waals surface area contributed by atoms with E-state index in [1.165, 1.54) is 42.7 Å². The van der Waals surface area contributed by atoms with E-state index in [9.17, 15) is 26.7 Å². The van der Waals surface area contributed by atoms with Gasteiger partial charge in [-0.2, -0.15) is 4.31 Å². The van der Waals surface area contributed by atoms with Crippen molar-refractivity contribution in [2.75, 3.05) is 40.4 Å². The second-order valence-corrected chi connectivity index (χ2v) is 15.3. The second kappa shape index (κ2) is 13.9. The van der Waals surface area contributed by atoms with Gasteiger partial charge in [0.2, 0.25) is 20.0 Å². The number of carbonyl (C=O) groups is 1. The molecule has 0 saturated carbocycles. The average molecular weight is 673 g/mol. The minimum absolute atomic E-state index is 0.0921. The lowest BCUT2D eigenvalue weighted by Gasteiger charge is -2.38. The molecule has 2 fully saturated rings. The Morgan fingerprint density at radius 2 is 1.72 bits per heavy atom. The van der Waals surface area contributed by atoms with E-state index in [1.807, 2.05) is 30.3 Å². The van der Waals surface area contributed by atoms with Gasteiger partial charge in [-0.15, -0.1) is 0 Å². The fourth-order valence-electron chi connectivity index (χ4n) is 6.14. The lowest BCUT2D eigenvalue weighted by Crippen LogP contribution is -2.47. The predicted molar refractivity (Wildman–Crippen MR) is 172 cm³/mol. The minimum atomic E-state index is -3.89. The molecule has 0 radical (unpaired) electrons.